The average molecular weight is 292 g/mol. The van der Waals surface area contributed by atoms with E-state index in [4.69, 9.17) is 9.47 Å². The number of carbonyl (C=O) groups is 1. The number of likely N-dealkylation sites (tertiary alicyclic amines) is 1. The summed E-state index contributed by atoms with van der Waals surface area (Å²) in [6.45, 7) is 7.84. The van der Waals surface area contributed by atoms with E-state index in [1.54, 1.807) is 7.11 Å². The summed E-state index contributed by atoms with van der Waals surface area (Å²) in [5, 5.41) is 0. The third-order valence-electron chi connectivity index (χ3n) is 4.02. The first-order valence-electron chi connectivity index (χ1n) is 7.48. The lowest BCUT2D eigenvalue weighted by Gasteiger charge is -2.23. The second kappa shape index (κ2) is 6.89. The number of methoxy groups -OCH3 is 1. The van der Waals surface area contributed by atoms with Crippen molar-refractivity contribution in [3.8, 4) is 5.75 Å². The Morgan fingerprint density at radius 2 is 2.24 bits per heavy atom. The standard InChI is InChI=1S/C16H24N2O3/c1-5-21-16(19)14-7-6-8-18(14)10-13-12(3)15(20-4)11(2)9-17-13/h9,14H,5-8,10H2,1-4H3. The maximum atomic E-state index is 12.0. The van der Waals surface area contributed by atoms with Crippen LogP contribution in [0.25, 0.3) is 0 Å². The Morgan fingerprint density at radius 3 is 2.90 bits per heavy atom. The highest BCUT2D eigenvalue weighted by molar-refractivity contribution is 5.76. The van der Waals surface area contributed by atoms with Gasteiger partial charge in [0.05, 0.1) is 19.4 Å². The molecule has 1 atom stereocenters. The molecule has 5 nitrogen and oxygen atoms in total. The molecule has 1 aromatic heterocycles. The molecule has 1 aliphatic heterocycles. The summed E-state index contributed by atoms with van der Waals surface area (Å²) in [5.41, 5.74) is 3.04. The van der Waals surface area contributed by atoms with E-state index in [1.165, 1.54) is 0 Å². The van der Waals surface area contributed by atoms with Crippen LogP contribution in [0, 0.1) is 13.8 Å². The molecule has 0 bridgehead atoms. The molecule has 1 aliphatic rings. The lowest BCUT2D eigenvalue weighted by atomic mass is 10.1. The second-order valence-electron chi connectivity index (χ2n) is 5.43. The van der Waals surface area contributed by atoms with Gasteiger partial charge in [-0.15, -0.1) is 0 Å². The van der Waals surface area contributed by atoms with Crippen LogP contribution < -0.4 is 4.74 Å². The molecule has 1 fully saturated rings. The van der Waals surface area contributed by atoms with Crippen LogP contribution in [0.2, 0.25) is 0 Å². The molecule has 0 aromatic carbocycles. The van der Waals surface area contributed by atoms with Crippen molar-refractivity contribution in [2.45, 2.75) is 46.2 Å². The zero-order valence-corrected chi connectivity index (χ0v) is 13.3. The van der Waals surface area contributed by atoms with Crippen LogP contribution in [0.4, 0.5) is 0 Å². The lowest BCUT2D eigenvalue weighted by Crippen LogP contribution is -2.37. The first-order valence-corrected chi connectivity index (χ1v) is 7.48. The van der Waals surface area contributed by atoms with Gasteiger partial charge < -0.3 is 9.47 Å². The van der Waals surface area contributed by atoms with E-state index < -0.39 is 0 Å². The van der Waals surface area contributed by atoms with E-state index in [0.29, 0.717) is 13.2 Å². The largest absolute Gasteiger partial charge is 0.496 e. The highest BCUT2D eigenvalue weighted by Crippen LogP contribution is 2.27. The predicted octanol–water partition coefficient (Wildman–Crippen LogP) is 2.23. The smallest absolute Gasteiger partial charge is 0.323 e. The van der Waals surface area contributed by atoms with Gasteiger partial charge in [-0.05, 0) is 40.2 Å². The van der Waals surface area contributed by atoms with Crippen molar-refractivity contribution >= 4 is 5.97 Å². The Balaban J connectivity index is 2.16. The Labute approximate surface area is 126 Å². The fourth-order valence-corrected chi connectivity index (χ4v) is 2.94. The van der Waals surface area contributed by atoms with E-state index in [-0.39, 0.29) is 12.0 Å². The summed E-state index contributed by atoms with van der Waals surface area (Å²) in [4.78, 5) is 18.7. The van der Waals surface area contributed by atoms with Gasteiger partial charge in [-0.2, -0.15) is 0 Å². The van der Waals surface area contributed by atoms with Crippen LogP contribution in [0.15, 0.2) is 6.20 Å². The van der Waals surface area contributed by atoms with Gasteiger partial charge in [-0.1, -0.05) is 0 Å². The summed E-state index contributed by atoms with van der Waals surface area (Å²) in [7, 11) is 1.68. The molecule has 2 heterocycles. The maximum absolute atomic E-state index is 12.0. The van der Waals surface area contributed by atoms with E-state index in [9.17, 15) is 4.79 Å². The maximum Gasteiger partial charge on any atom is 0.323 e. The summed E-state index contributed by atoms with van der Waals surface area (Å²) in [5.74, 6) is 0.763. The number of pyridine rings is 1. The van der Waals surface area contributed by atoms with Crippen LogP contribution in [0.5, 0.6) is 5.75 Å². The number of esters is 1. The molecule has 21 heavy (non-hydrogen) atoms. The molecule has 0 amide bonds. The highest BCUT2D eigenvalue weighted by atomic mass is 16.5. The van der Waals surface area contributed by atoms with Gasteiger partial charge in [-0.3, -0.25) is 14.7 Å². The number of aromatic nitrogens is 1. The molecule has 0 N–H and O–H groups in total. The van der Waals surface area contributed by atoms with Crippen molar-refractivity contribution in [1.29, 1.82) is 0 Å². The number of rotatable bonds is 5. The number of ether oxygens (including phenoxy) is 2. The first-order chi connectivity index (χ1) is 10.1. The molecule has 116 valence electrons. The minimum Gasteiger partial charge on any atom is -0.496 e. The molecule has 0 saturated carbocycles. The van der Waals surface area contributed by atoms with Gasteiger partial charge >= 0.3 is 5.97 Å². The number of aryl methyl sites for hydroxylation is 1. The summed E-state index contributed by atoms with van der Waals surface area (Å²) < 4.78 is 10.6. The molecular weight excluding hydrogens is 268 g/mol. The van der Waals surface area contributed by atoms with E-state index in [0.717, 1.165) is 42.0 Å². The van der Waals surface area contributed by atoms with Gasteiger partial charge in [-0.25, -0.2) is 0 Å². The van der Waals surface area contributed by atoms with Crippen molar-refractivity contribution in [2.75, 3.05) is 20.3 Å². The average Bonchev–Trinajstić information content (AvgIpc) is 2.91. The van der Waals surface area contributed by atoms with Crippen LogP contribution in [0.3, 0.4) is 0 Å². The van der Waals surface area contributed by atoms with Crippen molar-refractivity contribution in [3.63, 3.8) is 0 Å². The first kappa shape index (κ1) is 15.8. The molecule has 0 radical (unpaired) electrons. The predicted molar refractivity (Wildman–Crippen MR) is 80.3 cm³/mol. The summed E-state index contributed by atoms with van der Waals surface area (Å²) in [6, 6.07) is -0.140. The van der Waals surface area contributed by atoms with E-state index >= 15 is 0 Å². The van der Waals surface area contributed by atoms with Crippen LogP contribution in [-0.4, -0.2) is 42.2 Å². The van der Waals surface area contributed by atoms with Crippen LogP contribution >= 0.6 is 0 Å². The van der Waals surface area contributed by atoms with Gasteiger partial charge in [0.15, 0.2) is 0 Å². The molecule has 1 unspecified atom stereocenters. The van der Waals surface area contributed by atoms with Crippen LogP contribution in [0.1, 0.15) is 36.6 Å². The normalized spacial score (nSPS) is 18.8. The molecular formula is C16H24N2O3. The van der Waals surface area contributed by atoms with Gasteiger partial charge in [0.25, 0.3) is 0 Å². The molecule has 1 aromatic rings. The quantitative estimate of drug-likeness (QED) is 0.779. The number of hydrogen-bond acceptors (Lipinski definition) is 5. The highest BCUT2D eigenvalue weighted by Gasteiger charge is 2.32. The number of carbonyl (C=O) groups excluding carboxylic acids is 1. The van der Waals surface area contributed by atoms with Gasteiger partial charge in [0, 0.05) is 23.9 Å². The van der Waals surface area contributed by atoms with Crippen molar-refractivity contribution in [2.24, 2.45) is 0 Å². The molecule has 2 rings (SSSR count). The third-order valence-corrected chi connectivity index (χ3v) is 4.02. The lowest BCUT2D eigenvalue weighted by molar-refractivity contribution is -0.148. The number of nitrogens with zero attached hydrogens (tertiary/aromatic N) is 2. The van der Waals surface area contributed by atoms with Crippen molar-refractivity contribution in [3.05, 3.63) is 23.0 Å². The Kier molecular flexibility index (Phi) is 5.17. The minimum atomic E-state index is -0.140. The monoisotopic (exact) mass is 292 g/mol. The van der Waals surface area contributed by atoms with E-state index in [1.807, 2.05) is 27.0 Å². The Morgan fingerprint density at radius 1 is 1.48 bits per heavy atom. The summed E-state index contributed by atoms with van der Waals surface area (Å²) >= 11 is 0. The third kappa shape index (κ3) is 3.35. The van der Waals surface area contributed by atoms with Gasteiger partial charge in [0.2, 0.25) is 0 Å². The van der Waals surface area contributed by atoms with Crippen LogP contribution in [-0.2, 0) is 16.1 Å². The number of hydrogen-bond donors (Lipinski definition) is 0. The summed E-state index contributed by atoms with van der Waals surface area (Å²) in [6.07, 6.45) is 3.71. The van der Waals surface area contributed by atoms with E-state index in [2.05, 4.69) is 9.88 Å². The molecule has 0 aliphatic carbocycles. The molecule has 0 spiro atoms. The Hall–Kier alpha value is -1.62. The fraction of sp³-hybridized carbons (Fsp3) is 0.625. The van der Waals surface area contributed by atoms with Crippen molar-refractivity contribution in [1.82, 2.24) is 9.88 Å². The zero-order valence-electron chi connectivity index (χ0n) is 13.3. The van der Waals surface area contributed by atoms with Crippen molar-refractivity contribution < 1.29 is 14.3 Å². The molecule has 1 saturated heterocycles. The minimum absolute atomic E-state index is 0.119. The second-order valence-corrected chi connectivity index (χ2v) is 5.43. The fourth-order valence-electron chi connectivity index (χ4n) is 2.94. The Bertz CT molecular complexity index is 516. The topological polar surface area (TPSA) is 51.7 Å². The SMILES string of the molecule is CCOC(=O)C1CCCN1Cc1ncc(C)c(OC)c1C. The molecule has 5 heteroatoms. The zero-order chi connectivity index (χ0) is 15.4. The van der Waals surface area contributed by atoms with Gasteiger partial charge in [0.1, 0.15) is 11.8 Å².